The molecule has 0 atom stereocenters. The summed E-state index contributed by atoms with van der Waals surface area (Å²) in [4.78, 5) is 9.28. The van der Waals surface area contributed by atoms with E-state index >= 15 is 0 Å². The number of nitrogens with zero attached hydrogens (tertiary/aromatic N) is 3. The second-order valence-electron chi connectivity index (χ2n) is 6.78. The lowest BCUT2D eigenvalue weighted by Gasteiger charge is -2.23. The quantitative estimate of drug-likeness (QED) is 0.451. The zero-order valence-corrected chi connectivity index (χ0v) is 16.7. The zero-order chi connectivity index (χ0) is 20.6. The first kappa shape index (κ1) is 22.0. The first-order chi connectivity index (χ1) is 13.4. The minimum atomic E-state index is -4.55. The lowest BCUT2D eigenvalue weighted by molar-refractivity contribution is -0.137. The summed E-state index contributed by atoms with van der Waals surface area (Å²) in [5, 5.41) is 0. The molecule has 1 heterocycles. The number of anilines is 2. The number of unbranched alkanes of at least 4 members (excludes halogenated alkanes) is 3. The fourth-order valence-electron chi connectivity index (χ4n) is 2.82. The highest BCUT2D eigenvalue weighted by Gasteiger charge is 2.36. The average molecular weight is 395 g/mol. The third kappa shape index (κ3) is 6.11. The molecule has 1 aromatic carbocycles. The van der Waals surface area contributed by atoms with Gasteiger partial charge in [-0.3, -0.25) is 0 Å². The highest BCUT2D eigenvalue weighted by atomic mass is 19.4. The summed E-state index contributed by atoms with van der Waals surface area (Å²) in [6.07, 6.45) is 2.05. The van der Waals surface area contributed by atoms with Crippen LogP contribution >= 0.6 is 0 Å². The Morgan fingerprint density at radius 2 is 1.82 bits per heavy atom. The smallest absolute Gasteiger partial charge is 0.421 e. The Bertz CT molecular complexity index is 750. The highest BCUT2D eigenvalue weighted by Crippen LogP contribution is 2.37. The molecule has 7 heteroatoms. The molecule has 0 amide bonds. The van der Waals surface area contributed by atoms with E-state index in [2.05, 4.69) is 23.8 Å². The second-order valence-corrected chi connectivity index (χ2v) is 6.78. The summed E-state index contributed by atoms with van der Waals surface area (Å²) in [7, 11) is 1.58. The number of rotatable bonds is 10. The minimum absolute atomic E-state index is 0.0342. The van der Waals surface area contributed by atoms with Crippen molar-refractivity contribution in [2.24, 2.45) is 0 Å². The Kier molecular flexibility index (Phi) is 8.08. The van der Waals surface area contributed by atoms with Crippen molar-refractivity contribution in [3.63, 3.8) is 0 Å². The van der Waals surface area contributed by atoms with Crippen LogP contribution in [-0.2, 0) is 12.6 Å². The second kappa shape index (κ2) is 10.3. The third-order valence-electron chi connectivity index (χ3n) is 4.47. The van der Waals surface area contributed by atoms with Crippen molar-refractivity contribution in [3.8, 4) is 6.01 Å². The van der Waals surface area contributed by atoms with Crippen molar-refractivity contribution in [2.75, 3.05) is 18.6 Å². The summed E-state index contributed by atoms with van der Waals surface area (Å²) in [5.41, 5.74) is 0.856. The number of aryl methyl sites for hydroxylation is 1. The molecule has 0 saturated carbocycles. The molecule has 0 unspecified atom stereocenters. The van der Waals surface area contributed by atoms with Gasteiger partial charge in [-0.1, -0.05) is 45.2 Å². The van der Waals surface area contributed by atoms with E-state index in [0.717, 1.165) is 50.3 Å². The van der Waals surface area contributed by atoms with Gasteiger partial charge in [-0.2, -0.15) is 18.2 Å². The number of hydrogen-bond donors (Lipinski definition) is 0. The number of halogens is 3. The van der Waals surface area contributed by atoms with Crippen LogP contribution in [0.4, 0.5) is 24.7 Å². The number of hydrogen-bond acceptors (Lipinski definition) is 4. The molecular formula is C21H28F3N3O. The van der Waals surface area contributed by atoms with Crippen LogP contribution in [0.15, 0.2) is 30.5 Å². The van der Waals surface area contributed by atoms with Crippen LogP contribution < -0.4 is 9.64 Å². The van der Waals surface area contributed by atoms with Crippen LogP contribution in [0.25, 0.3) is 0 Å². The normalized spacial score (nSPS) is 11.5. The topological polar surface area (TPSA) is 38.2 Å². The molecule has 0 aliphatic heterocycles. The van der Waals surface area contributed by atoms with Gasteiger partial charge in [-0.15, -0.1) is 0 Å². The third-order valence-corrected chi connectivity index (χ3v) is 4.47. The molecule has 0 saturated heterocycles. The van der Waals surface area contributed by atoms with Crippen molar-refractivity contribution in [1.29, 1.82) is 0 Å². The molecule has 0 spiro atoms. The first-order valence-corrected chi connectivity index (χ1v) is 9.76. The maximum Gasteiger partial charge on any atom is 0.421 e. The van der Waals surface area contributed by atoms with Crippen molar-refractivity contribution < 1.29 is 17.9 Å². The Hall–Kier alpha value is -2.31. The lowest BCUT2D eigenvalue weighted by atomic mass is 10.1. The highest BCUT2D eigenvalue weighted by molar-refractivity contribution is 5.63. The van der Waals surface area contributed by atoms with Gasteiger partial charge >= 0.3 is 12.2 Å². The van der Waals surface area contributed by atoms with Crippen molar-refractivity contribution in [2.45, 2.75) is 58.5 Å². The molecule has 4 nitrogen and oxygen atoms in total. The van der Waals surface area contributed by atoms with Crippen LogP contribution in [0.1, 0.15) is 57.1 Å². The fraction of sp³-hybridized carbons (Fsp3) is 0.524. The molecule has 0 N–H and O–H groups in total. The van der Waals surface area contributed by atoms with Crippen LogP contribution in [0, 0.1) is 0 Å². The molecule has 0 radical (unpaired) electrons. The van der Waals surface area contributed by atoms with E-state index in [1.165, 1.54) is 4.90 Å². The zero-order valence-electron chi connectivity index (χ0n) is 16.7. The first-order valence-electron chi connectivity index (χ1n) is 9.76. The van der Waals surface area contributed by atoms with E-state index in [4.69, 9.17) is 4.74 Å². The maximum absolute atomic E-state index is 13.5. The van der Waals surface area contributed by atoms with E-state index in [1.807, 2.05) is 18.2 Å². The number of alkyl halides is 3. The Labute approximate surface area is 164 Å². The van der Waals surface area contributed by atoms with E-state index < -0.39 is 11.7 Å². The number of ether oxygens (including phenoxy) is 1. The van der Waals surface area contributed by atoms with Crippen molar-refractivity contribution >= 4 is 11.5 Å². The largest absolute Gasteiger partial charge is 0.463 e. The summed E-state index contributed by atoms with van der Waals surface area (Å²) < 4.78 is 46.0. The molecule has 0 bridgehead atoms. The molecule has 2 aromatic rings. The predicted molar refractivity (Wildman–Crippen MR) is 105 cm³/mol. The summed E-state index contributed by atoms with van der Waals surface area (Å²) in [6.45, 7) is 4.56. The number of aromatic nitrogens is 2. The van der Waals surface area contributed by atoms with Gasteiger partial charge in [0.1, 0.15) is 5.56 Å². The molecule has 0 fully saturated rings. The van der Waals surface area contributed by atoms with Gasteiger partial charge in [-0.05, 0) is 37.0 Å². The predicted octanol–water partition coefficient (Wildman–Crippen LogP) is 6.17. The molecule has 1 aromatic heterocycles. The Morgan fingerprint density at radius 3 is 2.50 bits per heavy atom. The van der Waals surface area contributed by atoms with E-state index in [9.17, 15) is 13.2 Å². The minimum Gasteiger partial charge on any atom is -0.463 e. The van der Waals surface area contributed by atoms with Crippen LogP contribution in [0.5, 0.6) is 6.01 Å². The summed E-state index contributed by atoms with van der Waals surface area (Å²) in [5.74, 6) is -0.208. The van der Waals surface area contributed by atoms with Crippen molar-refractivity contribution in [1.82, 2.24) is 9.97 Å². The molecule has 0 aliphatic rings. The fourth-order valence-corrected chi connectivity index (χ4v) is 2.82. The van der Waals surface area contributed by atoms with Crippen molar-refractivity contribution in [3.05, 3.63) is 41.6 Å². The lowest BCUT2D eigenvalue weighted by Crippen LogP contribution is -2.19. The van der Waals surface area contributed by atoms with Gasteiger partial charge in [0.25, 0.3) is 0 Å². The van der Waals surface area contributed by atoms with E-state index in [1.54, 1.807) is 13.1 Å². The van der Waals surface area contributed by atoms with Crippen LogP contribution in [0.3, 0.4) is 0 Å². The van der Waals surface area contributed by atoms with E-state index in [-0.39, 0.29) is 11.8 Å². The Balaban J connectivity index is 2.31. The van der Waals surface area contributed by atoms with Crippen LogP contribution in [0.2, 0.25) is 0 Å². The van der Waals surface area contributed by atoms with Gasteiger partial charge in [0.05, 0.1) is 6.61 Å². The summed E-state index contributed by atoms with van der Waals surface area (Å²) in [6, 6.07) is 7.49. The number of benzene rings is 1. The van der Waals surface area contributed by atoms with Gasteiger partial charge < -0.3 is 9.64 Å². The van der Waals surface area contributed by atoms with Crippen LogP contribution in [-0.4, -0.2) is 23.6 Å². The molecule has 0 aliphatic carbocycles. The SMILES string of the molecule is CCCCCOc1ncc(C(F)(F)F)c(N(C)c2cccc(CCCC)c2)n1. The monoisotopic (exact) mass is 395 g/mol. The maximum atomic E-state index is 13.5. The molecule has 154 valence electrons. The Morgan fingerprint density at radius 1 is 1.07 bits per heavy atom. The average Bonchev–Trinajstić information content (AvgIpc) is 2.68. The molecular weight excluding hydrogens is 367 g/mol. The van der Waals surface area contributed by atoms with Gasteiger partial charge in [-0.25, -0.2) is 4.98 Å². The molecule has 2 rings (SSSR count). The van der Waals surface area contributed by atoms with Gasteiger partial charge in [0.15, 0.2) is 5.82 Å². The van der Waals surface area contributed by atoms with E-state index in [0.29, 0.717) is 12.3 Å². The van der Waals surface area contributed by atoms with Gasteiger partial charge in [0, 0.05) is 18.9 Å². The summed E-state index contributed by atoms with van der Waals surface area (Å²) >= 11 is 0. The molecule has 28 heavy (non-hydrogen) atoms. The van der Waals surface area contributed by atoms with Gasteiger partial charge in [0.2, 0.25) is 0 Å². The standard InChI is InChI=1S/C21H28F3N3O/c1-4-6-8-13-28-20-25-15-18(21(22,23)24)19(26-20)27(3)17-12-9-11-16(14-17)10-7-5-2/h9,11-12,14-15H,4-8,10,13H2,1-3H3.